The smallest absolute Gasteiger partial charge is 0.219 e. The van der Waals surface area contributed by atoms with Crippen molar-refractivity contribution in [2.45, 2.75) is 26.3 Å². The van der Waals surface area contributed by atoms with Gasteiger partial charge in [0.1, 0.15) is 11.5 Å². The van der Waals surface area contributed by atoms with E-state index in [0.29, 0.717) is 22.4 Å². The quantitative estimate of drug-likeness (QED) is 0.845. The van der Waals surface area contributed by atoms with Gasteiger partial charge in [-0.2, -0.15) is 0 Å². The van der Waals surface area contributed by atoms with Crippen LogP contribution in [-0.2, 0) is 0 Å². The van der Waals surface area contributed by atoms with Crippen LogP contribution >= 0.6 is 11.6 Å². The Balaban J connectivity index is 1.92. The third kappa shape index (κ3) is 3.42. The van der Waals surface area contributed by atoms with E-state index in [1.165, 1.54) is 0 Å². The molecule has 3 rings (SSSR count). The van der Waals surface area contributed by atoms with Crippen LogP contribution in [0.3, 0.4) is 0 Å². The SMILES string of the molecule is COc1cc(Cl)cc(Oc2ccc3c(n2)C(C)=CC(C)(C)N3)c1. The molecule has 1 aromatic heterocycles. The van der Waals surface area contributed by atoms with Crippen LogP contribution in [0.1, 0.15) is 26.5 Å². The Morgan fingerprint density at radius 3 is 2.61 bits per heavy atom. The molecule has 1 N–H and O–H groups in total. The molecule has 2 heterocycles. The van der Waals surface area contributed by atoms with Gasteiger partial charge in [-0.05, 0) is 44.5 Å². The number of hydrogen-bond acceptors (Lipinski definition) is 4. The molecule has 0 bridgehead atoms. The summed E-state index contributed by atoms with van der Waals surface area (Å²) in [7, 11) is 1.59. The van der Waals surface area contributed by atoms with Crippen molar-refractivity contribution in [2.75, 3.05) is 12.4 Å². The van der Waals surface area contributed by atoms with E-state index < -0.39 is 0 Å². The summed E-state index contributed by atoms with van der Waals surface area (Å²) >= 11 is 6.07. The molecule has 1 aromatic carbocycles. The molecule has 23 heavy (non-hydrogen) atoms. The number of aromatic nitrogens is 1. The summed E-state index contributed by atoms with van der Waals surface area (Å²) in [5.74, 6) is 1.75. The van der Waals surface area contributed by atoms with E-state index in [4.69, 9.17) is 21.1 Å². The lowest BCUT2D eigenvalue weighted by molar-refractivity contribution is 0.407. The van der Waals surface area contributed by atoms with Crippen molar-refractivity contribution < 1.29 is 9.47 Å². The third-order valence-electron chi connectivity index (χ3n) is 3.58. The van der Waals surface area contributed by atoms with Crippen LogP contribution in [0.15, 0.2) is 36.4 Å². The van der Waals surface area contributed by atoms with Gasteiger partial charge < -0.3 is 14.8 Å². The highest BCUT2D eigenvalue weighted by atomic mass is 35.5. The number of methoxy groups -OCH3 is 1. The molecule has 0 amide bonds. The number of anilines is 1. The molecule has 4 nitrogen and oxygen atoms in total. The van der Waals surface area contributed by atoms with Crippen molar-refractivity contribution in [3.63, 3.8) is 0 Å². The van der Waals surface area contributed by atoms with Crippen LogP contribution in [0.4, 0.5) is 5.69 Å². The van der Waals surface area contributed by atoms with Gasteiger partial charge >= 0.3 is 0 Å². The second kappa shape index (κ2) is 5.78. The monoisotopic (exact) mass is 330 g/mol. The van der Waals surface area contributed by atoms with E-state index in [1.54, 1.807) is 25.3 Å². The summed E-state index contributed by atoms with van der Waals surface area (Å²) in [4.78, 5) is 4.60. The molecule has 0 fully saturated rings. The van der Waals surface area contributed by atoms with Crippen LogP contribution in [-0.4, -0.2) is 17.6 Å². The molecule has 1 aliphatic heterocycles. The first kappa shape index (κ1) is 15.7. The minimum Gasteiger partial charge on any atom is -0.497 e. The highest BCUT2D eigenvalue weighted by Crippen LogP contribution is 2.35. The van der Waals surface area contributed by atoms with Gasteiger partial charge in [-0.15, -0.1) is 0 Å². The summed E-state index contributed by atoms with van der Waals surface area (Å²) in [6.45, 7) is 6.31. The highest BCUT2D eigenvalue weighted by Gasteiger charge is 2.23. The van der Waals surface area contributed by atoms with Crippen molar-refractivity contribution >= 4 is 22.9 Å². The summed E-state index contributed by atoms with van der Waals surface area (Å²) in [5, 5.41) is 4.00. The zero-order valence-corrected chi connectivity index (χ0v) is 14.4. The van der Waals surface area contributed by atoms with Gasteiger partial charge in [0, 0.05) is 17.2 Å². The molecule has 5 heteroatoms. The minimum atomic E-state index is -0.0819. The zero-order chi connectivity index (χ0) is 16.6. The van der Waals surface area contributed by atoms with Crippen molar-refractivity contribution in [1.82, 2.24) is 4.98 Å². The highest BCUT2D eigenvalue weighted by molar-refractivity contribution is 6.30. The van der Waals surface area contributed by atoms with E-state index in [9.17, 15) is 0 Å². The van der Waals surface area contributed by atoms with Crippen molar-refractivity contribution in [1.29, 1.82) is 0 Å². The summed E-state index contributed by atoms with van der Waals surface area (Å²) in [6.07, 6.45) is 2.16. The standard InChI is InChI=1S/C18H19ClN2O2/c1-11-10-18(2,3)21-15-5-6-16(20-17(11)15)23-14-8-12(19)7-13(9-14)22-4/h5-10,21H,1-4H3. The number of allylic oxidation sites excluding steroid dienone is 1. The average molecular weight is 331 g/mol. The second-order valence-electron chi connectivity index (χ2n) is 6.15. The van der Waals surface area contributed by atoms with E-state index in [-0.39, 0.29) is 5.54 Å². The summed E-state index contributed by atoms with van der Waals surface area (Å²) in [6, 6.07) is 9.06. The van der Waals surface area contributed by atoms with E-state index in [0.717, 1.165) is 17.0 Å². The molecule has 0 saturated carbocycles. The molecule has 0 unspecified atom stereocenters. The van der Waals surface area contributed by atoms with E-state index >= 15 is 0 Å². The van der Waals surface area contributed by atoms with Gasteiger partial charge in [-0.3, -0.25) is 0 Å². The molecule has 1 aliphatic rings. The van der Waals surface area contributed by atoms with Crippen LogP contribution in [0, 0.1) is 0 Å². The first-order valence-corrected chi connectivity index (χ1v) is 7.75. The number of hydrogen-bond donors (Lipinski definition) is 1. The van der Waals surface area contributed by atoms with Crippen molar-refractivity contribution in [3.8, 4) is 17.4 Å². The van der Waals surface area contributed by atoms with E-state index in [2.05, 4.69) is 37.1 Å². The number of ether oxygens (including phenoxy) is 2. The van der Waals surface area contributed by atoms with Crippen LogP contribution in [0.25, 0.3) is 5.57 Å². The van der Waals surface area contributed by atoms with Crippen LogP contribution < -0.4 is 14.8 Å². The minimum absolute atomic E-state index is 0.0819. The first-order chi connectivity index (χ1) is 10.9. The maximum Gasteiger partial charge on any atom is 0.219 e. The number of fused-ring (bicyclic) bond motifs is 1. The van der Waals surface area contributed by atoms with Gasteiger partial charge in [-0.25, -0.2) is 4.98 Å². The predicted molar refractivity (Wildman–Crippen MR) is 93.7 cm³/mol. The van der Waals surface area contributed by atoms with Crippen LogP contribution in [0.2, 0.25) is 5.02 Å². The molecular weight excluding hydrogens is 312 g/mol. The molecule has 0 spiro atoms. The lowest BCUT2D eigenvalue weighted by Crippen LogP contribution is -2.31. The van der Waals surface area contributed by atoms with Gasteiger partial charge in [0.25, 0.3) is 0 Å². The second-order valence-corrected chi connectivity index (χ2v) is 6.58. The Bertz CT molecular complexity index is 785. The fraction of sp³-hybridized carbons (Fsp3) is 0.278. The number of nitrogens with zero attached hydrogens (tertiary/aromatic N) is 1. The number of pyridine rings is 1. The zero-order valence-electron chi connectivity index (χ0n) is 13.6. The molecule has 120 valence electrons. The third-order valence-corrected chi connectivity index (χ3v) is 3.80. The number of nitrogens with one attached hydrogen (secondary N) is 1. The number of halogens is 1. The number of rotatable bonds is 3. The van der Waals surface area contributed by atoms with Gasteiger partial charge in [0.05, 0.1) is 24.0 Å². The molecule has 0 radical (unpaired) electrons. The van der Waals surface area contributed by atoms with Gasteiger partial charge in [-0.1, -0.05) is 17.7 Å². The van der Waals surface area contributed by atoms with Gasteiger partial charge in [0.15, 0.2) is 0 Å². The fourth-order valence-corrected chi connectivity index (χ4v) is 2.94. The number of benzene rings is 1. The van der Waals surface area contributed by atoms with Crippen molar-refractivity contribution in [2.24, 2.45) is 0 Å². The lowest BCUT2D eigenvalue weighted by Gasteiger charge is -2.30. The molecule has 2 aromatic rings. The maximum absolute atomic E-state index is 6.07. The Kier molecular flexibility index (Phi) is 3.94. The molecule has 0 saturated heterocycles. The normalized spacial score (nSPS) is 15.3. The average Bonchev–Trinajstić information content (AvgIpc) is 2.46. The Morgan fingerprint density at radius 1 is 1.13 bits per heavy atom. The molecular formula is C18H19ClN2O2. The Hall–Kier alpha value is -2.20. The van der Waals surface area contributed by atoms with Crippen molar-refractivity contribution in [3.05, 3.63) is 47.1 Å². The van der Waals surface area contributed by atoms with E-state index in [1.807, 2.05) is 12.1 Å². The summed E-state index contributed by atoms with van der Waals surface area (Å²) in [5.41, 5.74) is 2.95. The fourth-order valence-electron chi connectivity index (χ4n) is 2.73. The van der Waals surface area contributed by atoms with Crippen LogP contribution in [0.5, 0.6) is 17.4 Å². The predicted octanol–water partition coefficient (Wildman–Crippen LogP) is 5.14. The lowest BCUT2D eigenvalue weighted by atomic mass is 9.94. The molecule has 0 aliphatic carbocycles. The maximum atomic E-state index is 6.07. The largest absolute Gasteiger partial charge is 0.497 e. The Morgan fingerprint density at radius 2 is 1.87 bits per heavy atom. The molecule has 0 atom stereocenters. The Labute approximate surface area is 141 Å². The topological polar surface area (TPSA) is 43.4 Å². The summed E-state index contributed by atoms with van der Waals surface area (Å²) < 4.78 is 11.0. The first-order valence-electron chi connectivity index (χ1n) is 7.38. The van der Waals surface area contributed by atoms with Gasteiger partial charge in [0.2, 0.25) is 5.88 Å².